The van der Waals surface area contributed by atoms with Gasteiger partial charge in [0, 0.05) is 0 Å². The highest BCUT2D eigenvalue weighted by Crippen LogP contribution is 2.24. The molecule has 2 nitrogen and oxygen atoms in total. The van der Waals surface area contributed by atoms with Crippen molar-refractivity contribution in [3.8, 4) is 5.75 Å². The van der Waals surface area contributed by atoms with Gasteiger partial charge in [-0.15, -0.1) is 0 Å². The van der Waals surface area contributed by atoms with E-state index in [2.05, 4.69) is 17.4 Å². The summed E-state index contributed by atoms with van der Waals surface area (Å²) in [5.74, 6) is 1.15. The molecule has 2 N–H and O–H groups in total. The molecule has 1 saturated heterocycles. The number of aromatic hydroxyl groups is 1. The van der Waals surface area contributed by atoms with Gasteiger partial charge in [-0.2, -0.15) is 0 Å². The Balaban J connectivity index is 2.03. The van der Waals surface area contributed by atoms with Crippen LogP contribution < -0.4 is 5.32 Å². The first kappa shape index (κ1) is 10.5. The van der Waals surface area contributed by atoms with E-state index in [9.17, 15) is 5.11 Å². The van der Waals surface area contributed by atoms with E-state index in [-0.39, 0.29) is 0 Å². The summed E-state index contributed by atoms with van der Waals surface area (Å²) < 4.78 is 0. The molecule has 1 aromatic carbocycles. The van der Waals surface area contributed by atoms with Crippen LogP contribution in [-0.4, -0.2) is 18.2 Å². The third-order valence-electron chi connectivity index (χ3n) is 3.15. The Labute approximate surface area is 91.3 Å². The number of hydrogen-bond donors (Lipinski definition) is 2. The predicted molar refractivity (Wildman–Crippen MR) is 62.1 cm³/mol. The summed E-state index contributed by atoms with van der Waals surface area (Å²) in [4.78, 5) is 0. The number of nitrogens with one attached hydrogen (secondary N) is 1. The fraction of sp³-hybridized carbons (Fsp3) is 0.538. The van der Waals surface area contributed by atoms with E-state index in [1.807, 2.05) is 13.0 Å². The Hall–Kier alpha value is -1.02. The minimum atomic E-state index is 0.459. The van der Waals surface area contributed by atoms with Gasteiger partial charge in [0.2, 0.25) is 0 Å². The van der Waals surface area contributed by atoms with Crippen LogP contribution >= 0.6 is 0 Å². The first-order chi connectivity index (χ1) is 7.25. The van der Waals surface area contributed by atoms with Crippen molar-refractivity contribution < 1.29 is 5.11 Å². The quantitative estimate of drug-likeness (QED) is 0.776. The molecular formula is C13H19NO. The zero-order chi connectivity index (χ0) is 10.7. The van der Waals surface area contributed by atoms with Crippen LogP contribution in [0, 0.1) is 12.8 Å². The SMILES string of the molecule is Cc1ccc(CC2CCCNC2)c(O)c1. The predicted octanol–water partition coefficient (Wildman–Crippen LogP) is 2.24. The highest BCUT2D eigenvalue weighted by Gasteiger charge is 2.14. The summed E-state index contributed by atoms with van der Waals surface area (Å²) in [5.41, 5.74) is 2.22. The van der Waals surface area contributed by atoms with E-state index < -0.39 is 0 Å². The number of aryl methyl sites for hydroxylation is 1. The molecule has 0 aliphatic carbocycles. The minimum Gasteiger partial charge on any atom is -0.508 e. The molecule has 2 heteroatoms. The number of hydrogen-bond acceptors (Lipinski definition) is 2. The molecule has 1 aliphatic heterocycles. The number of phenolic OH excluding ortho intramolecular Hbond substituents is 1. The van der Waals surface area contributed by atoms with Crippen molar-refractivity contribution in [3.05, 3.63) is 29.3 Å². The van der Waals surface area contributed by atoms with E-state index in [0.717, 1.165) is 30.6 Å². The monoisotopic (exact) mass is 205 g/mol. The average molecular weight is 205 g/mol. The lowest BCUT2D eigenvalue weighted by Gasteiger charge is -2.23. The van der Waals surface area contributed by atoms with Gasteiger partial charge < -0.3 is 10.4 Å². The molecule has 0 spiro atoms. The van der Waals surface area contributed by atoms with Gasteiger partial charge in [0.25, 0.3) is 0 Å². The Morgan fingerprint density at radius 3 is 3.00 bits per heavy atom. The molecule has 1 aromatic rings. The second-order valence-electron chi connectivity index (χ2n) is 4.55. The zero-order valence-electron chi connectivity index (χ0n) is 9.29. The van der Waals surface area contributed by atoms with Crippen LogP contribution in [-0.2, 0) is 6.42 Å². The van der Waals surface area contributed by atoms with E-state index in [0.29, 0.717) is 11.7 Å². The normalized spacial score (nSPS) is 21.5. The molecule has 1 heterocycles. The lowest BCUT2D eigenvalue weighted by atomic mass is 9.91. The van der Waals surface area contributed by atoms with Gasteiger partial charge in [-0.1, -0.05) is 12.1 Å². The van der Waals surface area contributed by atoms with Gasteiger partial charge in [0.05, 0.1) is 0 Å². The van der Waals surface area contributed by atoms with Crippen LogP contribution in [0.1, 0.15) is 24.0 Å². The van der Waals surface area contributed by atoms with Crippen LogP contribution in [0.15, 0.2) is 18.2 Å². The van der Waals surface area contributed by atoms with Crippen molar-refractivity contribution in [2.75, 3.05) is 13.1 Å². The second kappa shape index (κ2) is 4.67. The van der Waals surface area contributed by atoms with Gasteiger partial charge in [0.15, 0.2) is 0 Å². The van der Waals surface area contributed by atoms with E-state index in [1.54, 1.807) is 0 Å². The molecule has 1 fully saturated rings. The van der Waals surface area contributed by atoms with Gasteiger partial charge in [-0.3, -0.25) is 0 Å². The topological polar surface area (TPSA) is 32.3 Å². The molecule has 1 aliphatic rings. The van der Waals surface area contributed by atoms with Crippen LogP contribution in [0.5, 0.6) is 5.75 Å². The largest absolute Gasteiger partial charge is 0.508 e. The highest BCUT2D eigenvalue weighted by molar-refractivity contribution is 5.36. The summed E-state index contributed by atoms with van der Waals surface area (Å²) in [7, 11) is 0. The molecule has 1 atom stereocenters. The Bertz CT molecular complexity index is 329. The molecule has 0 radical (unpaired) electrons. The Morgan fingerprint density at radius 2 is 2.33 bits per heavy atom. The molecule has 0 bridgehead atoms. The van der Waals surface area contributed by atoms with Gasteiger partial charge in [-0.25, -0.2) is 0 Å². The smallest absolute Gasteiger partial charge is 0.119 e. The first-order valence-corrected chi connectivity index (χ1v) is 5.75. The molecular weight excluding hydrogens is 186 g/mol. The summed E-state index contributed by atoms with van der Waals surface area (Å²) in [6.07, 6.45) is 3.54. The molecule has 15 heavy (non-hydrogen) atoms. The minimum absolute atomic E-state index is 0.459. The molecule has 82 valence electrons. The summed E-state index contributed by atoms with van der Waals surface area (Å²) in [6.45, 7) is 4.25. The summed E-state index contributed by atoms with van der Waals surface area (Å²) in [6, 6.07) is 5.98. The lowest BCUT2D eigenvalue weighted by molar-refractivity contribution is 0.369. The highest BCUT2D eigenvalue weighted by atomic mass is 16.3. The maximum absolute atomic E-state index is 9.80. The van der Waals surface area contributed by atoms with E-state index in [4.69, 9.17) is 0 Å². The molecule has 0 saturated carbocycles. The fourth-order valence-electron chi connectivity index (χ4n) is 2.26. The third-order valence-corrected chi connectivity index (χ3v) is 3.15. The van der Waals surface area contributed by atoms with Crippen molar-refractivity contribution in [3.63, 3.8) is 0 Å². The standard InChI is InChI=1S/C13H19NO/c1-10-4-5-12(13(15)7-10)8-11-3-2-6-14-9-11/h4-5,7,11,14-15H,2-3,6,8-9H2,1H3. The van der Waals surface area contributed by atoms with Crippen LogP contribution in [0.2, 0.25) is 0 Å². The van der Waals surface area contributed by atoms with Crippen molar-refractivity contribution in [1.82, 2.24) is 5.32 Å². The Morgan fingerprint density at radius 1 is 1.47 bits per heavy atom. The molecule has 1 unspecified atom stereocenters. The van der Waals surface area contributed by atoms with Crippen molar-refractivity contribution in [2.24, 2.45) is 5.92 Å². The fourth-order valence-corrected chi connectivity index (χ4v) is 2.26. The average Bonchev–Trinajstić information content (AvgIpc) is 2.24. The summed E-state index contributed by atoms with van der Waals surface area (Å²) >= 11 is 0. The first-order valence-electron chi connectivity index (χ1n) is 5.75. The van der Waals surface area contributed by atoms with Crippen molar-refractivity contribution in [1.29, 1.82) is 0 Å². The van der Waals surface area contributed by atoms with Gasteiger partial charge >= 0.3 is 0 Å². The summed E-state index contributed by atoms with van der Waals surface area (Å²) in [5, 5.41) is 13.2. The van der Waals surface area contributed by atoms with E-state index in [1.165, 1.54) is 12.8 Å². The van der Waals surface area contributed by atoms with Gasteiger partial charge in [0.1, 0.15) is 5.75 Å². The maximum atomic E-state index is 9.80. The maximum Gasteiger partial charge on any atom is 0.119 e. The molecule has 0 amide bonds. The van der Waals surface area contributed by atoms with Crippen LogP contribution in [0.25, 0.3) is 0 Å². The number of piperidine rings is 1. The van der Waals surface area contributed by atoms with Gasteiger partial charge in [-0.05, 0) is 62.4 Å². The number of phenols is 1. The number of rotatable bonds is 2. The third kappa shape index (κ3) is 2.72. The number of benzene rings is 1. The van der Waals surface area contributed by atoms with Crippen LogP contribution in [0.3, 0.4) is 0 Å². The molecule has 2 rings (SSSR count). The zero-order valence-corrected chi connectivity index (χ0v) is 9.29. The van der Waals surface area contributed by atoms with E-state index >= 15 is 0 Å². The Kier molecular flexibility index (Phi) is 3.27. The van der Waals surface area contributed by atoms with Crippen molar-refractivity contribution in [2.45, 2.75) is 26.2 Å². The van der Waals surface area contributed by atoms with Crippen LogP contribution in [0.4, 0.5) is 0 Å². The molecule has 0 aromatic heterocycles. The van der Waals surface area contributed by atoms with Crippen molar-refractivity contribution >= 4 is 0 Å². The lowest BCUT2D eigenvalue weighted by Crippen LogP contribution is -2.30. The second-order valence-corrected chi connectivity index (χ2v) is 4.55.